The molecule has 0 atom stereocenters. The van der Waals surface area contributed by atoms with Gasteiger partial charge in [-0.2, -0.15) is 5.10 Å². The van der Waals surface area contributed by atoms with Crippen LogP contribution in [0.1, 0.15) is 31.2 Å². The van der Waals surface area contributed by atoms with Gasteiger partial charge in [0.1, 0.15) is 5.60 Å². The average molecular weight is 337 g/mol. The molecule has 3 aromatic rings. The number of nitrogens with one attached hydrogen (secondary N) is 2. The van der Waals surface area contributed by atoms with Crippen molar-refractivity contribution >= 4 is 10.9 Å². The summed E-state index contributed by atoms with van der Waals surface area (Å²) in [6.45, 7) is 0. The summed E-state index contributed by atoms with van der Waals surface area (Å²) < 4.78 is 11.9. The fourth-order valence-corrected chi connectivity index (χ4v) is 4.30. The van der Waals surface area contributed by atoms with Gasteiger partial charge in [-0.3, -0.25) is 4.79 Å². The largest absolute Gasteiger partial charge is 0.493 e. The van der Waals surface area contributed by atoms with E-state index in [1.165, 1.54) is 12.8 Å². The third-order valence-electron chi connectivity index (χ3n) is 5.52. The van der Waals surface area contributed by atoms with Gasteiger partial charge in [0.25, 0.3) is 5.56 Å². The minimum Gasteiger partial charge on any atom is -0.493 e. The van der Waals surface area contributed by atoms with Gasteiger partial charge >= 0.3 is 0 Å². The van der Waals surface area contributed by atoms with E-state index in [0.29, 0.717) is 5.39 Å². The Hall–Kier alpha value is -2.76. The third-order valence-corrected chi connectivity index (χ3v) is 5.52. The van der Waals surface area contributed by atoms with E-state index in [0.717, 1.165) is 53.1 Å². The molecule has 5 rings (SSSR count). The molecule has 0 bridgehead atoms. The fourth-order valence-electron chi connectivity index (χ4n) is 4.30. The van der Waals surface area contributed by atoms with Gasteiger partial charge < -0.3 is 14.5 Å². The first-order valence-corrected chi connectivity index (χ1v) is 8.65. The lowest BCUT2D eigenvalue weighted by molar-refractivity contribution is 0.0996. The third kappa shape index (κ3) is 2.10. The van der Waals surface area contributed by atoms with E-state index < -0.39 is 0 Å². The zero-order valence-electron chi connectivity index (χ0n) is 14.0. The minimum absolute atomic E-state index is 0.0865. The summed E-state index contributed by atoms with van der Waals surface area (Å²) in [5, 5.41) is 6.96. The van der Waals surface area contributed by atoms with Crippen molar-refractivity contribution < 1.29 is 9.47 Å². The predicted molar refractivity (Wildman–Crippen MR) is 94.2 cm³/mol. The molecule has 1 aromatic carbocycles. The van der Waals surface area contributed by atoms with Crippen molar-refractivity contribution in [3.63, 3.8) is 0 Å². The van der Waals surface area contributed by atoms with E-state index in [2.05, 4.69) is 15.2 Å². The molecule has 2 aromatic heterocycles. The number of hydrogen-bond acceptors (Lipinski definition) is 4. The molecule has 6 heteroatoms. The van der Waals surface area contributed by atoms with E-state index in [1.807, 2.05) is 18.2 Å². The Labute approximate surface area is 144 Å². The summed E-state index contributed by atoms with van der Waals surface area (Å²) >= 11 is 0. The van der Waals surface area contributed by atoms with Crippen LogP contribution in [0.3, 0.4) is 0 Å². The van der Waals surface area contributed by atoms with E-state index in [1.54, 1.807) is 13.3 Å². The number of ether oxygens (including phenoxy) is 2. The molecule has 25 heavy (non-hydrogen) atoms. The van der Waals surface area contributed by atoms with Crippen molar-refractivity contribution in [2.75, 3.05) is 7.11 Å². The number of aromatic amines is 2. The Morgan fingerprint density at radius 3 is 2.88 bits per heavy atom. The number of methoxy groups -OCH3 is 1. The Morgan fingerprint density at radius 2 is 2.12 bits per heavy atom. The highest BCUT2D eigenvalue weighted by Crippen LogP contribution is 2.51. The highest BCUT2D eigenvalue weighted by molar-refractivity contribution is 5.86. The molecular formula is C19H19N3O3. The van der Waals surface area contributed by atoms with Crippen LogP contribution in [-0.4, -0.2) is 27.9 Å². The molecule has 2 aliphatic rings. The zero-order valence-corrected chi connectivity index (χ0v) is 14.0. The maximum Gasteiger partial charge on any atom is 0.273 e. The van der Waals surface area contributed by atoms with Gasteiger partial charge in [-0.25, -0.2) is 5.10 Å². The Kier molecular flexibility index (Phi) is 2.98. The smallest absolute Gasteiger partial charge is 0.273 e. The average Bonchev–Trinajstić information content (AvgIpc) is 3.33. The summed E-state index contributed by atoms with van der Waals surface area (Å²) in [7, 11) is 1.67. The highest BCUT2D eigenvalue weighted by Gasteiger charge is 2.44. The number of hydrogen-bond donors (Lipinski definition) is 2. The Bertz CT molecular complexity index is 1030. The van der Waals surface area contributed by atoms with Gasteiger partial charge in [0.15, 0.2) is 11.5 Å². The quantitative estimate of drug-likeness (QED) is 0.753. The molecule has 1 saturated carbocycles. The minimum atomic E-state index is -0.186. The second-order valence-electron chi connectivity index (χ2n) is 7.00. The molecule has 0 saturated heterocycles. The van der Waals surface area contributed by atoms with Crippen molar-refractivity contribution in [2.45, 2.75) is 37.7 Å². The number of benzene rings is 1. The van der Waals surface area contributed by atoms with E-state index in [9.17, 15) is 4.79 Å². The topological polar surface area (TPSA) is 80.0 Å². The van der Waals surface area contributed by atoms with Crippen LogP contribution in [0.4, 0.5) is 0 Å². The lowest BCUT2D eigenvalue weighted by atomic mass is 9.92. The van der Waals surface area contributed by atoms with Crippen LogP contribution in [0.5, 0.6) is 11.5 Å². The first kappa shape index (κ1) is 14.6. The number of nitrogens with zero attached hydrogens (tertiary/aromatic N) is 1. The van der Waals surface area contributed by atoms with Crippen LogP contribution in [0.25, 0.3) is 22.2 Å². The number of H-pyrrole nitrogens is 2. The van der Waals surface area contributed by atoms with Crippen LogP contribution >= 0.6 is 0 Å². The van der Waals surface area contributed by atoms with Crippen LogP contribution in [0, 0.1) is 0 Å². The SMILES string of the molecule is COc1ccc(-c2cc3c(=O)[nH]ncc3[nH]2)c2c1OC1(CCCC1)C2. The molecule has 6 nitrogen and oxygen atoms in total. The number of rotatable bonds is 2. The second kappa shape index (κ2) is 5.12. The first-order valence-electron chi connectivity index (χ1n) is 8.65. The summed E-state index contributed by atoms with van der Waals surface area (Å²) in [4.78, 5) is 15.3. The van der Waals surface area contributed by atoms with Gasteiger partial charge in [0, 0.05) is 23.2 Å². The first-order chi connectivity index (χ1) is 12.2. The van der Waals surface area contributed by atoms with Crippen molar-refractivity contribution in [1.82, 2.24) is 15.2 Å². The Morgan fingerprint density at radius 1 is 1.28 bits per heavy atom. The van der Waals surface area contributed by atoms with Gasteiger partial charge in [0.05, 0.1) is 24.2 Å². The summed E-state index contributed by atoms with van der Waals surface area (Å²) in [6.07, 6.45) is 7.11. The molecule has 2 N–H and O–H groups in total. The lowest BCUT2D eigenvalue weighted by Crippen LogP contribution is -2.30. The normalized spacial score (nSPS) is 17.8. The van der Waals surface area contributed by atoms with Gasteiger partial charge in [-0.1, -0.05) is 0 Å². The number of aromatic nitrogens is 3. The zero-order chi connectivity index (χ0) is 17.0. The van der Waals surface area contributed by atoms with Gasteiger partial charge in [-0.15, -0.1) is 0 Å². The van der Waals surface area contributed by atoms with Crippen molar-refractivity contribution in [3.05, 3.63) is 40.3 Å². The monoisotopic (exact) mass is 337 g/mol. The second-order valence-corrected chi connectivity index (χ2v) is 7.00. The maximum atomic E-state index is 12.0. The highest BCUT2D eigenvalue weighted by atomic mass is 16.5. The molecule has 0 radical (unpaired) electrons. The summed E-state index contributed by atoms with van der Waals surface area (Å²) in [5.74, 6) is 1.63. The molecule has 1 aliphatic heterocycles. The van der Waals surface area contributed by atoms with Crippen LogP contribution < -0.4 is 15.0 Å². The molecule has 3 heterocycles. The lowest BCUT2D eigenvalue weighted by Gasteiger charge is -2.22. The summed E-state index contributed by atoms with van der Waals surface area (Å²) in [6, 6.07) is 5.87. The van der Waals surface area contributed by atoms with Crippen LogP contribution in [0.15, 0.2) is 29.2 Å². The summed E-state index contributed by atoms with van der Waals surface area (Å²) in [5.41, 5.74) is 3.60. The standard InChI is InChI=1S/C19H19N3O3/c1-24-16-5-4-11(13-9-19(25-17(13)16)6-2-3-7-19)14-8-12-15(21-14)10-20-22-18(12)23/h4-5,8,10,21H,2-3,6-7,9H2,1H3,(H,22,23). The molecule has 0 amide bonds. The molecule has 128 valence electrons. The fraction of sp³-hybridized carbons (Fsp3) is 0.368. The van der Waals surface area contributed by atoms with E-state index >= 15 is 0 Å². The predicted octanol–water partition coefficient (Wildman–Crippen LogP) is 3.17. The van der Waals surface area contributed by atoms with Crippen molar-refractivity contribution in [3.8, 4) is 22.8 Å². The molecule has 0 unspecified atom stereocenters. The molecule has 1 fully saturated rings. The van der Waals surface area contributed by atoms with Crippen LogP contribution in [-0.2, 0) is 6.42 Å². The molecule has 1 spiro atoms. The van der Waals surface area contributed by atoms with Crippen molar-refractivity contribution in [1.29, 1.82) is 0 Å². The molecular weight excluding hydrogens is 318 g/mol. The maximum absolute atomic E-state index is 12.0. The van der Waals surface area contributed by atoms with Gasteiger partial charge in [0.2, 0.25) is 0 Å². The van der Waals surface area contributed by atoms with Gasteiger partial charge in [-0.05, 0) is 43.9 Å². The van der Waals surface area contributed by atoms with E-state index in [4.69, 9.17) is 9.47 Å². The molecule has 1 aliphatic carbocycles. The van der Waals surface area contributed by atoms with E-state index in [-0.39, 0.29) is 11.2 Å². The Balaban J connectivity index is 1.69. The number of fused-ring (bicyclic) bond motifs is 2. The van der Waals surface area contributed by atoms with Crippen LogP contribution in [0.2, 0.25) is 0 Å². The van der Waals surface area contributed by atoms with Crippen molar-refractivity contribution in [2.24, 2.45) is 0 Å².